The smallest absolute Gasteiger partial charge is 0.243 e. The quantitative estimate of drug-likeness (QED) is 0.449. The molecule has 0 aromatic heterocycles. The summed E-state index contributed by atoms with van der Waals surface area (Å²) in [6.45, 7) is 1.48. The van der Waals surface area contributed by atoms with Gasteiger partial charge in [0, 0.05) is 17.3 Å². The van der Waals surface area contributed by atoms with E-state index in [1.54, 1.807) is 30.3 Å². The zero-order valence-corrected chi connectivity index (χ0v) is 19.6. The molecule has 0 aliphatic rings. The van der Waals surface area contributed by atoms with Crippen LogP contribution < -0.4 is 5.32 Å². The van der Waals surface area contributed by atoms with Gasteiger partial charge in [-0.25, -0.2) is 8.42 Å². The van der Waals surface area contributed by atoms with E-state index >= 15 is 0 Å². The van der Waals surface area contributed by atoms with Gasteiger partial charge in [-0.1, -0.05) is 58.6 Å². The molecule has 0 heterocycles. The molecular formula is C22H19Cl3N2O3S. The first-order valence-electron chi connectivity index (χ1n) is 9.21. The summed E-state index contributed by atoms with van der Waals surface area (Å²) in [4.78, 5) is 12.7. The molecular weight excluding hydrogens is 479 g/mol. The molecule has 3 rings (SSSR count). The Morgan fingerprint density at radius 1 is 0.903 bits per heavy atom. The van der Waals surface area contributed by atoms with E-state index in [1.165, 1.54) is 24.3 Å². The van der Waals surface area contributed by atoms with Gasteiger partial charge < -0.3 is 5.32 Å². The minimum absolute atomic E-state index is 0.0279. The highest BCUT2D eigenvalue weighted by atomic mass is 35.5. The molecule has 0 fully saturated rings. The average Bonchev–Trinajstić information content (AvgIpc) is 2.72. The lowest BCUT2D eigenvalue weighted by Crippen LogP contribution is -2.37. The van der Waals surface area contributed by atoms with Crippen LogP contribution in [0.1, 0.15) is 11.1 Å². The van der Waals surface area contributed by atoms with E-state index in [9.17, 15) is 13.2 Å². The van der Waals surface area contributed by atoms with E-state index in [0.717, 1.165) is 9.87 Å². The molecule has 31 heavy (non-hydrogen) atoms. The second-order valence-corrected chi connectivity index (χ2v) is 10.1. The van der Waals surface area contributed by atoms with E-state index in [-0.39, 0.29) is 18.0 Å². The Bertz CT molecular complexity index is 1180. The molecule has 1 N–H and O–H groups in total. The van der Waals surface area contributed by atoms with Crippen LogP contribution in [-0.4, -0.2) is 25.2 Å². The topological polar surface area (TPSA) is 66.5 Å². The first kappa shape index (κ1) is 23.6. The lowest BCUT2D eigenvalue weighted by atomic mass is 10.2. The maximum Gasteiger partial charge on any atom is 0.243 e. The van der Waals surface area contributed by atoms with Crippen LogP contribution >= 0.6 is 34.8 Å². The number of carbonyl (C=O) groups excluding carboxylic acids is 1. The predicted molar refractivity (Wildman–Crippen MR) is 125 cm³/mol. The summed E-state index contributed by atoms with van der Waals surface area (Å²) in [7, 11) is -4.00. The van der Waals surface area contributed by atoms with Crippen molar-refractivity contribution in [2.75, 3.05) is 11.9 Å². The Hall–Kier alpha value is -2.09. The first-order valence-corrected chi connectivity index (χ1v) is 11.8. The molecule has 0 bridgehead atoms. The molecule has 0 aliphatic heterocycles. The third-order valence-corrected chi connectivity index (χ3v) is 7.25. The first-order chi connectivity index (χ1) is 14.6. The largest absolute Gasteiger partial charge is 0.325 e. The van der Waals surface area contributed by atoms with E-state index in [4.69, 9.17) is 34.8 Å². The molecule has 5 nitrogen and oxygen atoms in total. The highest BCUT2D eigenvalue weighted by Crippen LogP contribution is 2.25. The third kappa shape index (κ3) is 6.21. The van der Waals surface area contributed by atoms with Gasteiger partial charge >= 0.3 is 0 Å². The van der Waals surface area contributed by atoms with Crippen molar-refractivity contribution in [2.45, 2.75) is 18.4 Å². The number of nitrogens with zero attached hydrogens (tertiary/aromatic N) is 1. The molecule has 0 aliphatic carbocycles. The van der Waals surface area contributed by atoms with Gasteiger partial charge in [0.15, 0.2) is 0 Å². The number of rotatable bonds is 7. The van der Waals surface area contributed by atoms with Crippen LogP contribution in [0.2, 0.25) is 15.1 Å². The molecule has 9 heteroatoms. The number of hydrogen-bond acceptors (Lipinski definition) is 3. The summed E-state index contributed by atoms with van der Waals surface area (Å²) < 4.78 is 27.6. The third-order valence-electron chi connectivity index (χ3n) is 4.45. The highest BCUT2D eigenvalue weighted by Gasteiger charge is 2.27. The second kappa shape index (κ2) is 10.0. The molecule has 3 aromatic carbocycles. The van der Waals surface area contributed by atoms with Crippen LogP contribution in [0.25, 0.3) is 0 Å². The zero-order chi connectivity index (χ0) is 22.6. The Morgan fingerprint density at radius 2 is 1.55 bits per heavy atom. The number of carbonyl (C=O) groups is 1. The number of sulfonamides is 1. The van der Waals surface area contributed by atoms with Gasteiger partial charge in [-0.05, 0) is 61.0 Å². The van der Waals surface area contributed by atoms with Gasteiger partial charge in [0.1, 0.15) is 0 Å². The van der Waals surface area contributed by atoms with Crippen LogP contribution in [-0.2, 0) is 21.4 Å². The summed E-state index contributed by atoms with van der Waals surface area (Å²) in [5.74, 6) is -0.471. The van der Waals surface area contributed by atoms with Crippen molar-refractivity contribution >= 4 is 56.4 Å². The van der Waals surface area contributed by atoms with Gasteiger partial charge in [-0.3, -0.25) is 4.79 Å². The van der Waals surface area contributed by atoms with Crippen LogP contribution in [0.15, 0.2) is 71.6 Å². The standard InChI is InChI=1S/C22H19Cl3N2O3S/c1-15-2-7-18(8-3-15)26-22(28)14-27(13-16-4-11-20(24)21(25)12-16)31(29,30)19-9-5-17(23)6-10-19/h2-12H,13-14H2,1H3,(H,26,28). The SMILES string of the molecule is Cc1ccc(NC(=O)CN(Cc2ccc(Cl)c(Cl)c2)S(=O)(=O)c2ccc(Cl)cc2)cc1. The van der Waals surface area contributed by atoms with Crippen LogP contribution in [0.5, 0.6) is 0 Å². The summed E-state index contributed by atoms with van der Waals surface area (Å²) in [6, 6.07) is 17.8. The van der Waals surface area contributed by atoms with Crippen molar-refractivity contribution in [2.24, 2.45) is 0 Å². The number of hydrogen-bond donors (Lipinski definition) is 1. The van der Waals surface area contributed by atoms with Gasteiger partial charge in [-0.2, -0.15) is 4.31 Å². The van der Waals surface area contributed by atoms with Gasteiger partial charge in [0.05, 0.1) is 21.5 Å². The minimum Gasteiger partial charge on any atom is -0.325 e. The number of amides is 1. The van der Waals surface area contributed by atoms with Crippen molar-refractivity contribution < 1.29 is 13.2 Å². The lowest BCUT2D eigenvalue weighted by molar-refractivity contribution is -0.116. The van der Waals surface area contributed by atoms with Crippen molar-refractivity contribution in [3.05, 3.63) is 92.9 Å². The molecule has 3 aromatic rings. The molecule has 162 valence electrons. The second-order valence-electron chi connectivity index (χ2n) is 6.89. The lowest BCUT2D eigenvalue weighted by Gasteiger charge is -2.22. The van der Waals surface area contributed by atoms with Gasteiger partial charge in [0.2, 0.25) is 15.9 Å². The fourth-order valence-electron chi connectivity index (χ4n) is 2.82. The van der Waals surface area contributed by atoms with E-state index in [0.29, 0.717) is 26.3 Å². The van der Waals surface area contributed by atoms with Gasteiger partial charge in [-0.15, -0.1) is 0 Å². The van der Waals surface area contributed by atoms with E-state index in [2.05, 4.69) is 5.32 Å². The summed E-state index contributed by atoms with van der Waals surface area (Å²) >= 11 is 17.9. The molecule has 0 saturated carbocycles. The van der Waals surface area contributed by atoms with Crippen LogP contribution in [0, 0.1) is 6.92 Å². The summed E-state index contributed by atoms with van der Waals surface area (Å²) in [5.41, 5.74) is 2.22. The number of nitrogens with one attached hydrogen (secondary N) is 1. The fourth-order valence-corrected chi connectivity index (χ4v) is 4.65. The Labute approximate surface area is 196 Å². The van der Waals surface area contributed by atoms with Crippen molar-refractivity contribution in [3.8, 4) is 0 Å². The molecule has 0 atom stereocenters. The normalized spacial score (nSPS) is 11.5. The van der Waals surface area contributed by atoms with Crippen molar-refractivity contribution in [3.63, 3.8) is 0 Å². The molecule has 0 spiro atoms. The molecule has 0 unspecified atom stereocenters. The number of anilines is 1. The molecule has 1 amide bonds. The van der Waals surface area contributed by atoms with E-state index in [1.807, 2.05) is 19.1 Å². The minimum atomic E-state index is -4.00. The van der Waals surface area contributed by atoms with Gasteiger partial charge in [0.25, 0.3) is 0 Å². The zero-order valence-electron chi connectivity index (χ0n) is 16.5. The Morgan fingerprint density at radius 3 is 2.16 bits per heavy atom. The average molecular weight is 498 g/mol. The van der Waals surface area contributed by atoms with Crippen molar-refractivity contribution in [1.29, 1.82) is 0 Å². The summed E-state index contributed by atoms with van der Waals surface area (Å²) in [5, 5.41) is 3.79. The maximum absolute atomic E-state index is 13.3. The maximum atomic E-state index is 13.3. The fraction of sp³-hybridized carbons (Fsp3) is 0.136. The van der Waals surface area contributed by atoms with Crippen LogP contribution in [0.4, 0.5) is 5.69 Å². The molecule has 0 saturated heterocycles. The Balaban J connectivity index is 1.88. The van der Waals surface area contributed by atoms with Crippen LogP contribution in [0.3, 0.4) is 0 Å². The van der Waals surface area contributed by atoms with E-state index < -0.39 is 15.9 Å². The molecule has 0 radical (unpaired) electrons. The number of benzene rings is 3. The predicted octanol–water partition coefficient (Wildman–Crippen LogP) is 5.78. The number of halogens is 3. The monoisotopic (exact) mass is 496 g/mol. The highest BCUT2D eigenvalue weighted by molar-refractivity contribution is 7.89. The number of aryl methyl sites for hydroxylation is 1. The van der Waals surface area contributed by atoms with Crippen molar-refractivity contribution in [1.82, 2.24) is 4.31 Å². The summed E-state index contributed by atoms with van der Waals surface area (Å²) in [6.07, 6.45) is 0. The Kier molecular flexibility index (Phi) is 7.62.